The lowest BCUT2D eigenvalue weighted by atomic mass is 9.91. The molecule has 18 heavy (non-hydrogen) atoms. The van der Waals surface area contributed by atoms with Crippen molar-refractivity contribution >= 4 is 23.3 Å². The number of aliphatic hydroxyl groups is 1. The highest BCUT2D eigenvalue weighted by molar-refractivity contribution is 7.12. The molecule has 1 aliphatic carbocycles. The lowest BCUT2D eigenvalue weighted by Gasteiger charge is -2.36. The van der Waals surface area contributed by atoms with Crippen LogP contribution in [0, 0.1) is 6.92 Å². The third kappa shape index (κ3) is 3.21. The van der Waals surface area contributed by atoms with E-state index in [-0.39, 0.29) is 12.5 Å². The van der Waals surface area contributed by atoms with Gasteiger partial charge in [0.05, 0.1) is 6.61 Å². The Morgan fingerprint density at radius 2 is 2.33 bits per heavy atom. The number of aryl methyl sites for hydroxylation is 1. The van der Waals surface area contributed by atoms with E-state index in [1.54, 1.807) is 22.3 Å². The van der Waals surface area contributed by atoms with Gasteiger partial charge in [-0.2, -0.15) is 0 Å². The first-order valence-electron chi connectivity index (χ1n) is 6.36. The van der Waals surface area contributed by atoms with Gasteiger partial charge >= 0.3 is 0 Å². The van der Waals surface area contributed by atoms with Gasteiger partial charge in [-0.3, -0.25) is 4.79 Å². The smallest absolute Gasteiger partial charge is 0.246 e. The number of hydrogen-bond acceptors (Lipinski definition) is 3. The summed E-state index contributed by atoms with van der Waals surface area (Å²) in [5.41, 5.74) is 0. The number of amides is 1. The van der Waals surface area contributed by atoms with Crippen molar-refractivity contribution in [3.63, 3.8) is 0 Å². The highest BCUT2D eigenvalue weighted by Crippen LogP contribution is 2.25. The van der Waals surface area contributed by atoms with Crippen molar-refractivity contribution in [3.8, 4) is 0 Å². The summed E-state index contributed by atoms with van der Waals surface area (Å²) in [6.07, 6.45) is 6.81. The zero-order valence-corrected chi connectivity index (χ0v) is 11.4. The van der Waals surface area contributed by atoms with Crippen LogP contribution in [-0.4, -0.2) is 35.1 Å². The summed E-state index contributed by atoms with van der Waals surface area (Å²) < 4.78 is 0. The largest absolute Gasteiger partial charge is 0.395 e. The minimum absolute atomic E-state index is 0.0137. The molecule has 0 unspecified atom stereocenters. The van der Waals surface area contributed by atoms with Crippen LogP contribution in [0.3, 0.4) is 0 Å². The van der Waals surface area contributed by atoms with Crippen LogP contribution in [0.25, 0.3) is 6.08 Å². The zero-order valence-electron chi connectivity index (χ0n) is 10.6. The Morgan fingerprint density at radius 1 is 1.56 bits per heavy atom. The summed E-state index contributed by atoms with van der Waals surface area (Å²) in [7, 11) is 0. The molecule has 0 atom stereocenters. The molecule has 3 nitrogen and oxygen atoms in total. The van der Waals surface area contributed by atoms with Crippen molar-refractivity contribution in [1.82, 2.24) is 4.90 Å². The van der Waals surface area contributed by atoms with Crippen molar-refractivity contribution in [2.24, 2.45) is 0 Å². The maximum Gasteiger partial charge on any atom is 0.246 e. The third-order valence-electron chi connectivity index (χ3n) is 3.29. The quantitative estimate of drug-likeness (QED) is 0.831. The van der Waals surface area contributed by atoms with Gasteiger partial charge in [-0.25, -0.2) is 0 Å². The SMILES string of the molecule is Cc1ccc(/C=C/C(=O)N(CCO)C2CCC2)s1. The Hall–Kier alpha value is -1.13. The van der Waals surface area contributed by atoms with E-state index in [4.69, 9.17) is 5.11 Å². The van der Waals surface area contributed by atoms with E-state index in [0.717, 1.165) is 17.7 Å². The Labute approximate surface area is 112 Å². The minimum Gasteiger partial charge on any atom is -0.395 e. The Balaban J connectivity index is 1.97. The van der Waals surface area contributed by atoms with Gasteiger partial charge in [0.25, 0.3) is 0 Å². The van der Waals surface area contributed by atoms with E-state index in [2.05, 4.69) is 6.92 Å². The summed E-state index contributed by atoms with van der Waals surface area (Å²) in [5.74, 6) is 0.0137. The molecule has 1 fully saturated rings. The van der Waals surface area contributed by atoms with Crippen LogP contribution in [0.2, 0.25) is 0 Å². The summed E-state index contributed by atoms with van der Waals surface area (Å²) in [5, 5.41) is 9.03. The summed E-state index contributed by atoms with van der Waals surface area (Å²) >= 11 is 1.68. The first kappa shape index (κ1) is 13.3. The van der Waals surface area contributed by atoms with Crippen LogP contribution in [0.15, 0.2) is 18.2 Å². The van der Waals surface area contributed by atoms with Gasteiger partial charge in [-0.1, -0.05) is 0 Å². The van der Waals surface area contributed by atoms with Gasteiger partial charge in [0.1, 0.15) is 0 Å². The van der Waals surface area contributed by atoms with Gasteiger partial charge in [-0.05, 0) is 44.4 Å². The van der Waals surface area contributed by atoms with Gasteiger partial charge in [0.2, 0.25) is 5.91 Å². The van der Waals surface area contributed by atoms with E-state index in [9.17, 15) is 4.79 Å². The molecule has 0 aliphatic heterocycles. The highest BCUT2D eigenvalue weighted by atomic mass is 32.1. The molecule has 0 saturated heterocycles. The highest BCUT2D eigenvalue weighted by Gasteiger charge is 2.26. The molecular weight excluding hydrogens is 246 g/mol. The fourth-order valence-electron chi connectivity index (χ4n) is 2.07. The fourth-order valence-corrected chi connectivity index (χ4v) is 2.85. The summed E-state index contributed by atoms with van der Waals surface area (Å²) in [6.45, 7) is 2.53. The number of carbonyl (C=O) groups excluding carboxylic acids is 1. The van der Waals surface area contributed by atoms with Crippen LogP contribution in [0.5, 0.6) is 0 Å². The molecule has 0 bridgehead atoms. The van der Waals surface area contributed by atoms with Crippen LogP contribution < -0.4 is 0 Å². The van der Waals surface area contributed by atoms with Crippen LogP contribution in [-0.2, 0) is 4.79 Å². The lowest BCUT2D eigenvalue weighted by Crippen LogP contribution is -2.44. The van der Waals surface area contributed by atoms with Gasteiger partial charge in [0.15, 0.2) is 0 Å². The zero-order chi connectivity index (χ0) is 13.0. The Morgan fingerprint density at radius 3 is 2.83 bits per heavy atom. The molecule has 1 aliphatic rings. The maximum absolute atomic E-state index is 12.1. The average molecular weight is 265 g/mol. The molecule has 0 aromatic carbocycles. The number of rotatable bonds is 5. The second kappa shape index (κ2) is 6.16. The number of carbonyl (C=O) groups is 1. The van der Waals surface area contributed by atoms with Crippen LogP contribution in [0.1, 0.15) is 29.0 Å². The molecule has 4 heteroatoms. The molecule has 98 valence electrons. The number of hydrogen-bond donors (Lipinski definition) is 1. The van der Waals surface area contributed by atoms with Crippen molar-refractivity contribution in [2.45, 2.75) is 32.2 Å². The first-order chi connectivity index (χ1) is 8.70. The predicted octanol–water partition coefficient (Wildman–Crippen LogP) is 2.44. The summed E-state index contributed by atoms with van der Waals surface area (Å²) in [6, 6.07) is 4.40. The molecule has 0 radical (unpaired) electrons. The van der Waals surface area contributed by atoms with Crippen LogP contribution in [0.4, 0.5) is 0 Å². The van der Waals surface area contributed by atoms with Gasteiger partial charge < -0.3 is 10.0 Å². The Bertz CT molecular complexity index is 435. The molecule has 1 saturated carbocycles. The Kier molecular flexibility index (Phi) is 4.55. The topological polar surface area (TPSA) is 40.5 Å². The normalized spacial score (nSPS) is 15.9. The van der Waals surface area contributed by atoms with Crippen molar-refractivity contribution < 1.29 is 9.90 Å². The minimum atomic E-state index is 0.0137. The van der Waals surface area contributed by atoms with E-state index in [0.29, 0.717) is 12.6 Å². The number of nitrogens with zero attached hydrogens (tertiary/aromatic N) is 1. The van der Waals surface area contributed by atoms with Crippen molar-refractivity contribution in [1.29, 1.82) is 0 Å². The monoisotopic (exact) mass is 265 g/mol. The fraction of sp³-hybridized carbons (Fsp3) is 0.500. The molecule has 2 rings (SSSR count). The third-order valence-corrected chi connectivity index (χ3v) is 4.26. The molecular formula is C14H19NO2S. The van der Waals surface area contributed by atoms with Gasteiger partial charge in [-0.15, -0.1) is 11.3 Å². The van der Waals surface area contributed by atoms with Crippen LogP contribution >= 0.6 is 11.3 Å². The van der Waals surface area contributed by atoms with E-state index >= 15 is 0 Å². The first-order valence-corrected chi connectivity index (χ1v) is 7.18. The summed E-state index contributed by atoms with van der Waals surface area (Å²) in [4.78, 5) is 16.2. The second-order valence-corrected chi connectivity index (χ2v) is 5.94. The molecule has 1 heterocycles. The maximum atomic E-state index is 12.1. The molecule has 1 N–H and O–H groups in total. The van der Waals surface area contributed by atoms with E-state index < -0.39 is 0 Å². The second-order valence-electron chi connectivity index (χ2n) is 4.62. The molecule has 0 spiro atoms. The standard InChI is InChI=1S/C14H19NO2S/c1-11-5-6-13(18-11)7-8-14(17)15(9-10-16)12-3-2-4-12/h5-8,12,16H,2-4,9-10H2,1H3/b8-7+. The number of aliphatic hydroxyl groups excluding tert-OH is 1. The predicted molar refractivity (Wildman–Crippen MR) is 74.5 cm³/mol. The molecule has 1 aromatic rings. The molecule has 1 aromatic heterocycles. The lowest BCUT2D eigenvalue weighted by molar-refractivity contribution is -0.130. The molecule has 1 amide bonds. The van der Waals surface area contributed by atoms with E-state index in [1.807, 2.05) is 18.2 Å². The van der Waals surface area contributed by atoms with Crippen molar-refractivity contribution in [3.05, 3.63) is 28.0 Å². The number of thiophene rings is 1. The van der Waals surface area contributed by atoms with Gasteiger partial charge in [0, 0.05) is 28.4 Å². The van der Waals surface area contributed by atoms with E-state index in [1.165, 1.54) is 11.3 Å². The van der Waals surface area contributed by atoms with Crippen molar-refractivity contribution in [2.75, 3.05) is 13.2 Å². The average Bonchev–Trinajstić information content (AvgIpc) is 2.69.